The van der Waals surface area contributed by atoms with Gasteiger partial charge in [0.15, 0.2) is 0 Å². The Morgan fingerprint density at radius 3 is 2.50 bits per heavy atom. The van der Waals surface area contributed by atoms with E-state index in [1.54, 1.807) is 6.92 Å². The molecule has 1 aliphatic rings. The quantitative estimate of drug-likeness (QED) is 0.693. The molecule has 1 aliphatic heterocycles. The van der Waals surface area contributed by atoms with Crippen LogP contribution >= 0.6 is 0 Å². The summed E-state index contributed by atoms with van der Waals surface area (Å²) >= 11 is 0. The zero-order chi connectivity index (χ0) is 10.8. The summed E-state index contributed by atoms with van der Waals surface area (Å²) in [6.07, 6.45) is -1.48. The molecular weight excluding hydrogens is 197 g/mol. The van der Waals surface area contributed by atoms with Gasteiger partial charge in [0.2, 0.25) is 5.72 Å². The Bertz CT molecular complexity index is 295. The summed E-state index contributed by atoms with van der Waals surface area (Å²) in [7, 11) is 0. The van der Waals surface area contributed by atoms with Crippen LogP contribution in [0.4, 0.5) is 13.2 Å². The summed E-state index contributed by atoms with van der Waals surface area (Å²) in [5.41, 5.74) is 4.68. The van der Waals surface area contributed by atoms with Crippen LogP contribution < -0.4 is 0 Å². The Morgan fingerprint density at radius 1 is 1.57 bits per heavy atom. The zero-order valence-corrected chi connectivity index (χ0v) is 7.43. The van der Waals surface area contributed by atoms with Crippen molar-refractivity contribution in [1.82, 2.24) is 0 Å². The molecule has 1 atom stereocenters. The standard InChI is InChI=1S/C8H9F3N2O/c1-2-7(13-12)4-3-6(5-14-7)8(9,10)11/h3-5,12H,2H2,1H3. The van der Waals surface area contributed by atoms with Crippen LogP contribution in [0.25, 0.3) is 0 Å². The summed E-state index contributed by atoms with van der Waals surface area (Å²) in [4.78, 5) is 0. The number of hydrogen-bond donors (Lipinski definition) is 1. The van der Waals surface area contributed by atoms with Crippen LogP contribution in [-0.2, 0) is 4.74 Å². The molecule has 78 valence electrons. The van der Waals surface area contributed by atoms with E-state index in [1.165, 1.54) is 0 Å². The van der Waals surface area contributed by atoms with E-state index in [0.717, 1.165) is 12.2 Å². The van der Waals surface area contributed by atoms with Crippen molar-refractivity contribution in [3.05, 3.63) is 24.0 Å². The SMILES string of the molecule is CCC1(N=N)C=CC(C(F)(F)F)=CO1. The van der Waals surface area contributed by atoms with E-state index in [-0.39, 0.29) is 0 Å². The zero-order valence-electron chi connectivity index (χ0n) is 7.43. The highest BCUT2D eigenvalue weighted by atomic mass is 19.4. The molecular formula is C8H9F3N2O. The van der Waals surface area contributed by atoms with Gasteiger partial charge in [-0.25, -0.2) is 5.53 Å². The molecule has 14 heavy (non-hydrogen) atoms. The first-order chi connectivity index (χ1) is 6.43. The molecule has 0 radical (unpaired) electrons. The molecule has 3 nitrogen and oxygen atoms in total. The molecule has 0 aromatic carbocycles. The van der Waals surface area contributed by atoms with Crippen molar-refractivity contribution in [2.24, 2.45) is 5.11 Å². The molecule has 0 amide bonds. The van der Waals surface area contributed by atoms with Crippen molar-refractivity contribution >= 4 is 0 Å². The van der Waals surface area contributed by atoms with Crippen LogP contribution in [0.3, 0.4) is 0 Å². The number of allylic oxidation sites excluding steroid dienone is 2. The Kier molecular flexibility index (Phi) is 2.64. The summed E-state index contributed by atoms with van der Waals surface area (Å²) in [5, 5.41) is 3.14. The fourth-order valence-corrected chi connectivity index (χ4v) is 0.969. The highest BCUT2D eigenvalue weighted by molar-refractivity contribution is 5.27. The number of hydrogen-bond acceptors (Lipinski definition) is 3. The second-order valence-corrected chi connectivity index (χ2v) is 2.83. The number of ether oxygens (including phenoxy) is 1. The molecule has 0 bridgehead atoms. The smallest absolute Gasteiger partial charge is 0.419 e. The monoisotopic (exact) mass is 206 g/mol. The van der Waals surface area contributed by atoms with Gasteiger partial charge in [-0.3, -0.25) is 0 Å². The first-order valence-corrected chi connectivity index (χ1v) is 3.96. The third-order valence-corrected chi connectivity index (χ3v) is 1.94. The van der Waals surface area contributed by atoms with Crippen molar-refractivity contribution in [2.75, 3.05) is 0 Å². The average molecular weight is 206 g/mol. The predicted molar refractivity (Wildman–Crippen MR) is 42.5 cm³/mol. The van der Waals surface area contributed by atoms with Gasteiger partial charge in [-0.05, 0) is 12.2 Å². The van der Waals surface area contributed by atoms with E-state index in [9.17, 15) is 13.2 Å². The lowest BCUT2D eigenvalue weighted by molar-refractivity contribution is -0.0935. The van der Waals surface area contributed by atoms with Crippen molar-refractivity contribution in [3.8, 4) is 0 Å². The highest BCUT2D eigenvalue weighted by Crippen LogP contribution is 2.33. The fraction of sp³-hybridized carbons (Fsp3) is 0.500. The van der Waals surface area contributed by atoms with E-state index in [1.807, 2.05) is 0 Å². The van der Waals surface area contributed by atoms with Gasteiger partial charge in [0.05, 0.1) is 11.8 Å². The van der Waals surface area contributed by atoms with Gasteiger partial charge >= 0.3 is 6.18 Å². The molecule has 1 rings (SSSR count). The maximum absolute atomic E-state index is 12.1. The summed E-state index contributed by atoms with van der Waals surface area (Å²) in [6.45, 7) is 1.68. The average Bonchev–Trinajstić information content (AvgIpc) is 2.16. The van der Waals surface area contributed by atoms with E-state index in [0.29, 0.717) is 12.7 Å². The summed E-state index contributed by atoms with van der Waals surface area (Å²) in [6, 6.07) is 0. The lowest BCUT2D eigenvalue weighted by Crippen LogP contribution is -2.28. The third-order valence-electron chi connectivity index (χ3n) is 1.94. The first-order valence-electron chi connectivity index (χ1n) is 3.96. The molecule has 6 heteroatoms. The molecule has 1 unspecified atom stereocenters. The molecule has 1 heterocycles. The number of nitrogens with one attached hydrogen (secondary N) is 1. The van der Waals surface area contributed by atoms with Crippen LogP contribution in [0.5, 0.6) is 0 Å². The van der Waals surface area contributed by atoms with Crippen LogP contribution in [0.2, 0.25) is 0 Å². The molecule has 0 fully saturated rings. The van der Waals surface area contributed by atoms with Gasteiger partial charge in [-0.2, -0.15) is 13.2 Å². The molecule has 0 aromatic rings. The summed E-state index contributed by atoms with van der Waals surface area (Å²) < 4.78 is 41.2. The third kappa shape index (κ3) is 1.94. The lowest BCUT2D eigenvalue weighted by atomic mass is 10.1. The van der Waals surface area contributed by atoms with Gasteiger partial charge in [0, 0.05) is 6.42 Å². The Morgan fingerprint density at radius 2 is 2.21 bits per heavy atom. The number of halogens is 3. The van der Waals surface area contributed by atoms with Gasteiger partial charge in [0.1, 0.15) is 0 Å². The van der Waals surface area contributed by atoms with Gasteiger partial charge < -0.3 is 4.74 Å². The van der Waals surface area contributed by atoms with Crippen LogP contribution in [0.1, 0.15) is 13.3 Å². The summed E-state index contributed by atoms with van der Waals surface area (Å²) in [5.74, 6) is 0. The minimum absolute atomic E-state index is 0.314. The normalized spacial score (nSPS) is 26.7. The maximum Gasteiger partial charge on any atom is 0.419 e. The highest BCUT2D eigenvalue weighted by Gasteiger charge is 2.37. The second-order valence-electron chi connectivity index (χ2n) is 2.83. The predicted octanol–water partition coefficient (Wildman–Crippen LogP) is 3.16. The number of rotatable bonds is 2. The minimum Gasteiger partial charge on any atom is -0.468 e. The fourth-order valence-electron chi connectivity index (χ4n) is 0.969. The number of nitrogens with zero attached hydrogens (tertiary/aromatic N) is 1. The van der Waals surface area contributed by atoms with E-state index >= 15 is 0 Å². The van der Waals surface area contributed by atoms with E-state index < -0.39 is 17.5 Å². The molecule has 0 saturated carbocycles. The maximum atomic E-state index is 12.1. The second kappa shape index (κ2) is 3.43. The molecule has 0 saturated heterocycles. The van der Waals surface area contributed by atoms with Gasteiger partial charge in [-0.1, -0.05) is 6.92 Å². The molecule has 1 N–H and O–H groups in total. The van der Waals surface area contributed by atoms with Crippen molar-refractivity contribution in [3.63, 3.8) is 0 Å². The van der Waals surface area contributed by atoms with Crippen LogP contribution in [0, 0.1) is 5.53 Å². The van der Waals surface area contributed by atoms with E-state index in [2.05, 4.69) is 5.11 Å². The Balaban J connectivity index is 2.85. The Labute approximate surface area is 78.8 Å². The van der Waals surface area contributed by atoms with E-state index in [4.69, 9.17) is 10.3 Å². The lowest BCUT2D eigenvalue weighted by Gasteiger charge is -2.26. The largest absolute Gasteiger partial charge is 0.468 e. The van der Waals surface area contributed by atoms with Gasteiger partial charge in [-0.15, -0.1) is 5.11 Å². The molecule has 0 aromatic heterocycles. The van der Waals surface area contributed by atoms with Crippen molar-refractivity contribution in [1.29, 1.82) is 5.53 Å². The molecule has 0 spiro atoms. The Hall–Kier alpha value is -1.33. The van der Waals surface area contributed by atoms with Crippen LogP contribution in [0.15, 0.2) is 29.1 Å². The van der Waals surface area contributed by atoms with Crippen molar-refractivity contribution < 1.29 is 17.9 Å². The first kappa shape index (κ1) is 10.7. The topological polar surface area (TPSA) is 45.4 Å². The number of alkyl halides is 3. The van der Waals surface area contributed by atoms with Gasteiger partial charge in [0.25, 0.3) is 0 Å². The molecule has 0 aliphatic carbocycles. The minimum atomic E-state index is -4.42. The van der Waals surface area contributed by atoms with Crippen LogP contribution in [-0.4, -0.2) is 11.9 Å². The van der Waals surface area contributed by atoms with Crippen molar-refractivity contribution in [2.45, 2.75) is 25.2 Å².